The van der Waals surface area contributed by atoms with Crippen LogP contribution in [0.2, 0.25) is 0 Å². The molecule has 7 heteroatoms. The maximum Gasteiger partial charge on any atom is 0.282 e. The highest BCUT2D eigenvalue weighted by atomic mass is 19.1. The summed E-state index contributed by atoms with van der Waals surface area (Å²) >= 11 is 0. The molecule has 2 rings (SSSR count). The van der Waals surface area contributed by atoms with Crippen molar-refractivity contribution in [2.24, 2.45) is 5.73 Å². The standard InChI is InChI=1S/C20H24FN3O3/c1-4-24(12-14-5-10-18(27-3)17(21)11-14)13(2)20(26)23-16-8-6-15(7-9-16)19(22)25/h5-11,13H,4,12H2,1-3H3,(H2,22,25)(H,23,26)/p+1/t13-/m0/s1. The molecule has 1 unspecified atom stereocenters. The van der Waals surface area contributed by atoms with Crippen molar-refractivity contribution in [3.8, 4) is 5.75 Å². The molecule has 0 saturated carbocycles. The summed E-state index contributed by atoms with van der Waals surface area (Å²) in [7, 11) is 1.42. The Morgan fingerprint density at radius 3 is 2.41 bits per heavy atom. The lowest BCUT2D eigenvalue weighted by Crippen LogP contribution is -3.15. The van der Waals surface area contributed by atoms with Gasteiger partial charge >= 0.3 is 0 Å². The zero-order valence-electron chi connectivity index (χ0n) is 15.7. The van der Waals surface area contributed by atoms with Crippen molar-refractivity contribution in [1.29, 1.82) is 0 Å². The van der Waals surface area contributed by atoms with Crippen LogP contribution in [0.5, 0.6) is 5.75 Å². The van der Waals surface area contributed by atoms with E-state index in [-0.39, 0.29) is 17.7 Å². The SMILES string of the molecule is CC[NH+](Cc1ccc(OC)c(F)c1)[C@@H](C)C(=O)Nc1ccc(C(N)=O)cc1. The lowest BCUT2D eigenvalue weighted by Gasteiger charge is -2.24. The first kappa shape index (κ1) is 20.4. The summed E-state index contributed by atoms with van der Waals surface area (Å²) in [4.78, 5) is 24.7. The predicted octanol–water partition coefficient (Wildman–Crippen LogP) is 1.37. The molecule has 27 heavy (non-hydrogen) atoms. The molecule has 6 nitrogen and oxygen atoms in total. The van der Waals surface area contributed by atoms with Crippen LogP contribution in [0, 0.1) is 5.82 Å². The predicted molar refractivity (Wildman–Crippen MR) is 101 cm³/mol. The van der Waals surface area contributed by atoms with E-state index in [1.165, 1.54) is 13.2 Å². The van der Waals surface area contributed by atoms with Crippen molar-refractivity contribution in [2.75, 3.05) is 19.0 Å². The van der Waals surface area contributed by atoms with Gasteiger partial charge in [-0.25, -0.2) is 4.39 Å². The van der Waals surface area contributed by atoms with Crippen LogP contribution in [0.4, 0.5) is 10.1 Å². The second-order valence-corrected chi connectivity index (χ2v) is 6.31. The van der Waals surface area contributed by atoms with Gasteiger partial charge in [-0.15, -0.1) is 0 Å². The maximum absolute atomic E-state index is 13.9. The highest BCUT2D eigenvalue weighted by Crippen LogP contribution is 2.17. The van der Waals surface area contributed by atoms with E-state index in [1.54, 1.807) is 36.4 Å². The van der Waals surface area contributed by atoms with Gasteiger partial charge in [0.05, 0.1) is 13.7 Å². The van der Waals surface area contributed by atoms with Gasteiger partial charge in [0, 0.05) is 16.8 Å². The first-order valence-electron chi connectivity index (χ1n) is 8.73. The van der Waals surface area contributed by atoms with Crippen LogP contribution >= 0.6 is 0 Å². The first-order valence-corrected chi connectivity index (χ1v) is 8.73. The zero-order valence-corrected chi connectivity index (χ0v) is 15.7. The van der Waals surface area contributed by atoms with E-state index in [9.17, 15) is 14.0 Å². The molecule has 0 aliphatic carbocycles. The molecule has 0 aromatic heterocycles. The molecule has 0 bridgehead atoms. The highest BCUT2D eigenvalue weighted by molar-refractivity contribution is 5.95. The summed E-state index contributed by atoms with van der Waals surface area (Å²) in [5, 5.41) is 2.83. The third kappa shape index (κ3) is 5.27. The Labute approximate surface area is 158 Å². The fourth-order valence-electron chi connectivity index (χ4n) is 2.82. The Balaban J connectivity index is 2.04. The molecule has 2 atom stereocenters. The van der Waals surface area contributed by atoms with Crippen molar-refractivity contribution >= 4 is 17.5 Å². The summed E-state index contributed by atoms with van der Waals surface area (Å²) in [5.41, 5.74) is 6.96. The number of benzene rings is 2. The second-order valence-electron chi connectivity index (χ2n) is 6.31. The molecule has 2 aromatic carbocycles. The van der Waals surface area contributed by atoms with Crippen LogP contribution in [-0.2, 0) is 11.3 Å². The van der Waals surface area contributed by atoms with Gasteiger partial charge in [-0.05, 0) is 56.3 Å². The Morgan fingerprint density at radius 2 is 1.89 bits per heavy atom. The van der Waals surface area contributed by atoms with E-state index >= 15 is 0 Å². The van der Waals surface area contributed by atoms with Gasteiger partial charge in [0.25, 0.3) is 5.91 Å². The highest BCUT2D eigenvalue weighted by Gasteiger charge is 2.24. The number of anilines is 1. The number of nitrogens with two attached hydrogens (primary N) is 1. The normalized spacial score (nSPS) is 12.9. The Hall–Kier alpha value is -2.93. The van der Waals surface area contributed by atoms with Crippen LogP contribution in [0.3, 0.4) is 0 Å². The number of hydrogen-bond acceptors (Lipinski definition) is 3. The number of amides is 2. The van der Waals surface area contributed by atoms with Gasteiger partial charge in [0.1, 0.15) is 6.54 Å². The van der Waals surface area contributed by atoms with Crippen LogP contribution in [-0.4, -0.2) is 31.5 Å². The van der Waals surface area contributed by atoms with Crippen molar-refractivity contribution in [2.45, 2.75) is 26.4 Å². The molecule has 0 heterocycles. The van der Waals surface area contributed by atoms with Gasteiger partial charge in [-0.3, -0.25) is 9.59 Å². The molecule has 4 N–H and O–H groups in total. The molecule has 0 radical (unpaired) electrons. The number of hydrogen-bond donors (Lipinski definition) is 3. The number of quaternary nitrogens is 1. The number of ether oxygens (including phenoxy) is 1. The fourth-order valence-corrected chi connectivity index (χ4v) is 2.82. The topological polar surface area (TPSA) is 85.9 Å². The van der Waals surface area contributed by atoms with E-state index in [0.717, 1.165) is 10.5 Å². The maximum atomic E-state index is 13.9. The summed E-state index contributed by atoms with van der Waals surface area (Å²) in [5.74, 6) is -0.902. The minimum Gasteiger partial charge on any atom is -0.494 e. The molecular formula is C20H25FN3O3+. The molecular weight excluding hydrogens is 349 g/mol. The van der Waals surface area contributed by atoms with E-state index in [0.29, 0.717) is 24.3 Å². The van der Waals surface area contributed by atoms with Crippen LogP contribution in [0.1, 0.15) is 29.8 Å². The van der Waals surface area contributed by atoms with E-state index in [4.69, 9.17) is 10.5 Å². The number of carbonyl (C=O) groups excluding carboxylic acids is 2. The fraction of sp³-hybridized carbons (Fsp3) is 0.300. The van der Waals surface area contributed by atoms with Gasteiger partial charge in [-0.1, -0.05) is 0 Å². The molecule has 2 aromatic rings. The number of nitrogens with one attached hydrogen (secondary N) is 2. The van der Waals surface area contributed by atoms with Crippen LogP contribution < -0.4 is 20.7 Å². The Bertz CT molecular complexity index is 809. The number of rotatable bonds is 8. The summed E-state index contributed by atoms with van der Waals surface area (Å²) < 4.78 is 18.8. The lowest BCUT2D eigenvalue weighted by molar-refractivity contribution is -0.925. The lowest BCUT2D eigenvalue weighted by atomic mass is 10.1. The van der Waals surface area contributed by atoms with E-state index in [2.05, 4.69) is 5.32 Å². The molecule has 0 saturated heterocycles. The van der Waals surface area contributed by atoms with Crippen LogP contribution in [0.25, 0.3) is 0 Å². The minimum atomic E-state index is -0.519. The van der Waals surface area contributed by atoms with E-state index < -0.39 is 11.7 Å². The quantitative estimate of drug-likeness (QED) is 0.652. The summed E-state index contributed by atoms with van der Waals surface area (Å²) in [6, 6.07) is 10.9. The van der Waals surface area contributed by atoms with Crippen molar-refractivity contribution in [3.63, 3.8) is 0 Å². The molecule has 0 aliphatic rings. The monoisotopic (exact) mass is 374 g/mol. The number of methoxy groups -OCH3 is 1. The van der Waals surface area contributed by atoms with Gasteiger partial charge in [0.2, 0.25) is 5.91 Å². The Kier molecular flexibility index (Phi) is 6.90. The Morgan fingerprint density at radius 1 is 1.22 bits per heavy atom. The number of carbonyl (C=O) groups is 2. The largest absolute Gasteiger partial charge is 0.494 e. The van der Waals surface area contributed by atoms with Crippen LogP contribution in [0.15, 0.2) is 42.5 Å². The van der Waals surface area contributed by atoms with Crippen molar-refractivity contribution in [3.05, 3.63) is 59.4 Å². The third-order valence-corrected chi connectivity index (χ3v) is 4.54. The average Bonchev–Trinajstić information content (AvgIpc) is 2.66. The number of halogens is 1. The zero-order chi connectivity index (χ0) is 20.0. The number of likely N-dealkylation sites (N-methyl/N-ethyl adjacent to an activating group) is 1. The van der Waals surface area contributed by atoms with Gasteiger partial charge in [0.15, 0.2) is 17.6 Å². The second kappa shape index (κ2) is 9.14. The first-order chi connectivity index (χ1) is 12.8. The molecule has 0 spiro atoms. The van der Waals surface area contributed by atoms with Crippen molar-refractivity contribution < 1.29 is 23.6 Å². The summed E-state index contributed by atoms with van der Waals surface area (Å²) in [6.07, 6.45) is 0. The molecule has 0 aliphatic heterocycles. The average molecular weight is 374 g/mol. The van der Waals surface area contributed by atoms with Gasteiger partial charge in [-0.2, -0.15) is 0 Å². The smallest absolute Gasteiger partial charge is 0.282 e. The molecule has 2 amide bonds. The molecule has 0 fully saturated rings. The minimum absolute atomic E-state index is 0.160. The number of primary amides is 1. The third-order valence-electron chi connectivity index (χ3n) is 4.54. The van der Waals surface area contributed by atoms with Crippen molar-refractivity contribution in [1.82, 2.24) is 0 Å². The molecule has 144 valence electrons. The van der Waals surface area contributed by atoms with E-state index in [1.807, 2.05) is 13.8 Å². The summed E-state index contributed by atoms with van der Waals surface area (Å²) in [6.45, 7) is 5.00. The van der Waals surface area contributed by atoms with Gasteiger partial charge < -0.3 is 20.7 Å².